The SMILES string of the molecule is COc1ccc([C@H]2C[C@H](NS(=O)(=O)c3c(C)noc3C)C[C@@H]2C(=O)N2CCN(C)CC2)cc1. The van der Waals surface area contributed by atoms with Gasteiger partial charge < -0.3 is 19.1 Å². The molecule has 0 bridgehead atoms. The molecule has 180 valence electrons. The van der Waals surface area contributed by atoms with Crippen LogP contribution in [0.25, 0.3) is 0 Å². The Morgan fingerprint density at radius 3 is 2.36 bits per heavy atom. The van der Waals surface area contributed by atoms with Gasteiger partial charge in [-0.15, -0.1) is 0 Å². The Morgan fingerprint density at radius 1 is 1.12 bits per heavy atom. The van der Waals surface area contributed by atoms with Crippen molar-refractivity contribution in [3.05, 3.63) is 41.3 Å². The Hall–Kier alpha value is -2.43. The number of hydrogen-bond acceptors (Lipinski definition) is 7. The van der Waals surface area contributed by atoms with Crippen LogP contribution in [0.5, 0.6) is 5.75 Å². The zero-order chi connectivity index (χ0) is 23.8. The van der Waals surface area contributed by atoms with Crippen molar-refractivity contribution in [2.75, 3.05) is 40.3 Å². The Balaban J connectivity index is 1.58. The van der Waals surface area contributed by atoms with Crippen LogP contribution in [0.3, 0.4) is 0 Å². The molecule has 1 saturated carbocycles. The van der Waals surface area contributed by atoms with E-state index < -0.39 is 10.0 Å². The number of sulfonamides is 1. The number of rotatable bonds is 6. The summed E-state index contributed by atoms with van der Waals surface area (Å²) in [6.07, 6.45) is 0.990. The largest absolute Gasteiger partial charge is 0.497 e. The summed E-state index contributed by atoms with van der Waals surface area (Å²) < 4.78 is 39.4. The van der Waals surface area contributed by atoms with Gasteiger partial charge >= 0.3 is 0 Å². The van der Waals surface area contributed by atoms with Crippen LogP contribution in [0, 0.1) is 19.8 Å². The summed E-state index contributed by atoms with van der Waals surface area (Å²) in [7, 11) is -0.150. The number of amides is 1. The molecular formula is C23H32N4O5S. The van der Waals surface area contributed by atoms with E-state index in [4.69, 9.17) is 9.26 Å². The van der Waals surface area contributed by atoms with Gasteiger partial charge in [-0.05, 0) is 57.4 Å². The lowest BCUT2D eigenvalue weighted by molar-refractivity contribution is -0.137. The maximum absolute atomic E-state index is 13.5. The number of carbonyl (C=O) groups excluding carboxylic acids is 1. The number of aryl methyl sites for hydroxylation is 2. The highest BCUT2D eigenvalue weighted by Gasteiger charge is 2.43. The molecule has 2 fully saturated rings. The molecule has 0 radical (unpaired) electrons. The molecule has 0 unspecified atom stereocenters. The number of piperazine rings is 1. The quantitative estimate of drug-likeness (QED) is 0.679. The minimum Gasteiger partial charge on any atom is -0.497 e. The van der Waals surface area contributed by atoms with Crippen molar-refractivity contribution < 1.29 is 22.5 Å². The van der Waals surface area contributed by atoms with Crippen LogP contribution >= 0.6 is 0 Å². The molecule has 2 aromatic rings. The second-order valence-corrected chi connectivity index (χ2v) is 10.7. The zero-order valence-corrected chi connectivity index (χ0v) is 20.4. The van der Waals surface area contributed by atoms with Crippen molar-refractivity contribution in [1.29, 1.82) is 0 Å². The summed E-state index contributed by atoms with van der Waals surface area (Å²) in [5.41, 5.74) is 1.34. The third-order valence-electron chi connectivity index (χ3n) is 6.80. The summed E-state index contributed by atoms with van der Waals surface area (Å²) >= 11 is 0. The van der Waals surface area contributed by atoms with Gasteiger partial charge in [0.25, 0.3) is 0 Å². The molecule has 1 amide bonds. The minimum absolute atomic E-state index is 0.0809. The highest BCUT2D eigenvalue weighted by atomic mass is 32.2. The van der Waals surface area contributed by atoms with E-state index in [-0.39, 0.29) is 34.4 Å². The number of nitrogens with one attached hydrogen (secondary N) is 1. The molecule has 1 aliphatic heterocycles. The number of hydrogen-bond donors (Lipinski definition) is 1. The lowest BCUT2D eigenvalue weighted by Crippen LogP contribution is -2.49. The Bertz CT molecular complexity index is 1070. The first kappa shape index (κ1) is 23.7. The molecule has 1 saturated heterocycles. The van der Waals surface area contributed by atoms with Crippen LogP contribution in [0.1, 0.15) is 35.8 Å². The molecule has 2 aliphatic rings. The molecule has 1 aromatic heterocycles. The smallest absolute Gasteiger partial charge is 0.246 e. The van der Waals surface area contributed by atoms with Crippen molar-refractivity contribution in [2.24, 2.45) is 5.92 Å². The highest BCUT2D eigenvalue weighted by Crippen LogP contribution is 2.42. The fourth-order valence-electron chi connectivity index (χ4n) is 5.02. The van der Waals surface area contributed by atoms with Crippen molar-refractivity contribution in [3.63, 3.8) is 0 Å². The molecule has 4 rings (SSSR count). The zero-order valence-electron chi connectivity index (χ0n) is 19.6. The van der Waals surface area contributed by atoms with E-state index in [1.807, 2.05) is 29.2 Å². The number of aromatic nitrogens is 1. The Labute approximate surface area is 195 Å². The molecule has 1 aromatic carbocycles. The second kappa shape index (κ2) is 9.44. The lowest BCUT2D eigenvalue weighted by atomic mass is 9.87. The van der Waals surface area contributed by atoms with Gasteiger partial charge in [0, 0.05) is 38.1 Å². The Morgan fingerprint density at radius 2 is 1.79 bits per heavy atom. The topological polar surface area (TPSA) is 105 Å². The van der Waals surface area contributed by atoms with E-state index in [9.17, 15) is 13.2 Å². The van der Waals surface area contributed by atoms with Crippen LogP contribution in [-0.4, -0.2) is 75.7 Å². The molecule has 1 N–H and O–H groups in total. The van der Waals surface area contributed by atoms with Gasteiger partial charge in [-0.3, -0.25) is 4.79 Å². The molecule has 9 nitrogen and oxygen atoms in total. The van der Waals surface area contributed by atoms with E-state index in [1.165, 1.54) is 0 Å². The van der Waals surface area contributed by atoms with Crippen molar-refractivity contribution in [3.8, 4) is 5.75 Å². The number of benzene rings is 1. The summed E-state index contributed by atoms with van der Waals surface area (Å²) in [6.45, 7) is 6.26. The van der Waals surface area contributed by atoms with Gasteiger partial charge in [-0.2, -0.15) is 0 Å². The van der Waals surface area contributed by atoms with Crippen LogP contribution in [0.2, 0.25) is 0 Å². The average molecular weight is 477 g/mol. The van der Waals surface area contributed by atoms with E-state index in [0.29, 0.717) is 31.6 Å². The van der Waals surface area contributed by atoms with Gasteiger partial charge in [0.15, 0.2) is 5.76 Å². The van der Waals surface area contributed by atoms with Gasteiger partial charge in [-0.25, -0.2) is 13.1 Å². The van der Waals surface area contributed by atoms with Crippen LogP contribution < -0.4 is 9.46 Å². The van der Waals surface area contributed by atoms with Crippen LogP contribution in [0.4, 0.5) is 0 Å². The lowest BCUT2D eigenvalue weighted by Gasteiger charge is -2.35. The number of carbonyl (C=O) groups is 1. The van der Waals surface area contributed by atoms with Crippen molar-refractivity contribution in [2.45, 2.75) is 43.5 Å². The van der Waals surface area contributed by atoms with Gasteiger partial charge in [-0.1, -0.05) is 17.3 Å². The van der Waals surface area contributed by atoms with Crippen LogP contribution in [-0.2, 0) is 14.8 Å². The summed E-state index contributed by atoms with van der Waals surface area (Å²) in [5, 5.41) is 3.78. The molecule has 1 aliphatic carbocycles. The molecule has 33 heavy (non-hydrogen) atoms. The third kappa shape index (κ3) is 4.92. The predicted molar refractivity (Wildman–Crippen MR) is 123 cm³/mol. The molecule has 2 heterocycles. The van der Waals surface area contributed by atoms with E-state index in [0.717, 1.165) is 24.4 Å². The number of likely N-dealkylation sites (N-methyl/N-ethyl adjacent to an activating group) is 1. The van der Waals surface area contributed by atoms with Gasteiger partial charge in [0.05, 0.1) is 7.11 Å². The third-order valence-corrected chi connectivity index (χ3v) is 8.56. The maximum atomic E-state index is 13.5. The number of nitrogens with zero attached hydrogens (tertiary/aromatic N) is 3. The standard InChI is InChI=1S/C23H32N4O5S/c1-15-22(16(2)32-24-15)33(29,30)25-18-13-20(17-5-7-19(31-4)8-6-17)21(14-18)23(28)27-11-9-26(3)10-12-27/h5-8,18,20-21,25H,9-14H2,1-4H3/t18-,20+,21-/m0/s1. The Kier molecular flexibility index (Phi) is 6.78. The second-order valence-electron chi connectivity index (χ2n) is 9.06. The first-order chi connectivity index (χ1) is 15.7. The van der Waals surface area contributed by atoms with Crippen molar-refractivity contribution in [1.82, 2.24) is 19.7 Å². The monoisotopic (exact) mass is 476 g/mol. The first-order valence-electron chi connectivity index (χ1n) is 11.3. The molecule has 0 spiro atoms. The number of ether oxygens (including phenoxy) is 1. The number of methoxy groups -OCH3 is 1. The minimum atomic E-state index is -3.82. The van der Waals surface area contributed by atoms with Crippen molar-refractivity contribution >= 4 is 15.9 Å². The van der Waals surface area contributed by atoms with Gasteiger partial charge in [0.1, 0.15) is 16.3 Å². The van der Waals surface area contributed by atoms with E-state index in [2.05, 4.69) is 21.8 Å². The maximum Gasteiger partial charge on any atom is 0.246 e. The fraction of sp³-hybridized carbons (Fsp3) is 0.565. The molecular weight excluding hydrogens is 444 g/mol. The average Bonchev–Trinajstić information content (AvgIpc) is 3.36. The summed E-state index contributed by atoms with van der Waals surface area (Å²) in [6, 6.07) is 7.34. The molecule has 3 atom stereocenters. The van der Waals surface area contributed by atoms with Crippen LogP contribution in [0.15, 0.2) is 33.7 Å². The normalized spacial score (nSPS) is 24.2. The first-order valence-corrected chi connectivity index (χ1v) is 12.7. The van der Waals surface area contributed by atoms with Gasteiger partial charge in [0.2, 0.25) is 15.9 Å². The fourth-order valence-corrected chi connectivity index (χ4v) is 6.62. The summed E-state index contributed by atoms with van der Waals surface area (Å²) in [4.78, 5) is 17.8. The molecule has 10 heteroatoms. The van der Waals surface area contributed by atoms with E-state index >= 15 is 0 Å². The van der Waals surface area contributed by atoms with E-state index in [1.54, 1.807) is 21.0 Å². The highest BCUT2D eigenvalue weighted by molar-refractivity contribution is 7.89. The summed E-state index contributed by atoms with van der Waals surface area (Å²) in [5.74, 6) is 0.728. The predicted octanol–water partition coefficient (Wildman–Crippen LogP) is 1.91.